The molecule has 32 heavy (non-hydrogen) atoms. The molecule has 0 aliphatic carbocycles. The summed E-state index contributed by atoms with van der Waals surface area (Å²) in [6.07, 6.45) is 0.904. The average Bonchev–Trinajstić information content (AvgIpc) is 2.83. The van der Waals surface area contributed by atoms with Crippen LogP contribution in [0.25, 0.3) is 0 Å². The SMILES string of the molecule is CCc1cccc(OCC(=O)Nc2ccc3c(c2)N(CCN2CCOCC2)C(=O)CO3)c1. The Labute approximate surface area is 188 Å². The molecule has 0 saturated carbocycles. The number of carbonyl (C=O) groups excluding carboxylic acids is 2. The molecular formula is C24H29N3O5. The lowest BCUT2D eigenvalue weighted by Crippen LogP contribution is -2.45. The molecule has 0 atom stereocenters. The van der Waals surface area contributed by atoms with Gasteiger partial charge in [0.25, 0.3) is 11.8 Å². The number of ether oxygens (including phenoxy) is 3. The zero-order valence-electron chi connectivity index (χ0n) is 18.3. The van der Waals surface area contributed by atoms with Crippen molar-refractivity contribution in [3.05, 3.63) is 48.0 Å². The topological polar surface area (TPSA) is 80.3 Å². The molecule has 0 spiro atoms. The number of hydrogen-bond donors (Lipinski definition) is 1. The Hall–Kier alpha value is -3.10. The second kappa shape index (κ2) is 10.5. The van der Waals surface area contributed by atoms with E-state index in [0.717, 1.165) is 31.6 Å². The Morgan fingerprint density at radius 3 is 2.78 bits per heavy atom. The summed E-state index contributed by atoms with van der Waals surface area (Å²) in [5.41, 5.74) is 2.41. The highest BCUT2D eigenvalue weighted by Gasteiger charge is 2.26. The molecule has 0 unspecified atom stereocenters. The number of nitrogens with one attached hydrogen (secondary N) is 1. The third-order valence-electron chi connectivity index (χ3n) is 5.61. The molecule has 2 aliphatic heterocycles. The fourth-order valence-electron chi connectivity index (χ4n) is 3.79. The van der Waals surface area contributed by atoms with Crippen molar-refractivity contribution in [3.63, 3.8) is 0 Å². The van der Waals surface area contributed by atoms with Crippen molar-refractivity contribution in [2.75, 3.05) is 62.8 Å². The standard InChI is InChI=1S/C24H29N3O5/c1-2-18-4-3-5-20(14-18)31-16-23(28)25-19-6-7-22-21(15-19)27(24(29)17-32-22)9-8-26-10-12-30-13-11-26/h3-7,14-15H,2,8-13,16-17H2,1H3,(H,25,28). The molecule has 8 heteroatoms. The van der Waals surface area contributed by atoms with E-state index in [1.165, 1.54) is 0 Å². The summed E-state index contributed by atoms with van der Waals surface area (Å²) in [5, 5.41) is 2.85. The number of carbonyl (C=O) groups is 2. The molecule has 1 N–H and O–H groups in total. The highest BCUT2D eigenvalue weighted by Crippen LogP contribution is 2.34. The maximum absolute atomic E-state index is 12.5. The largest absolute Gasteiger partial charge is 0.484 e. The van der Waals surface area contributed by atoms with Gasteiger partial charge in [0.1, 0.15) is 11.5 Å². The molecule has 2 amide bonds. The third-order valence-corrected chi connectivity index (χ3v) is 5.61. The zero-order chi connectivity index (χ0) is 22.3. The average molecular weight is 440 g/mol. The van der Waals surface area contributed by atoms with E-state index in [0.29, 0.717) is 42.6 Å². The molecule has 170 valence electrons. The third kappa shape index (κ3) is 5.57. The first-order valence-corrected chi connectivity index (χ1v) is 11.0. The number of hydrogen-bond acceptors (Lipinski definition) is 6. The summed E-state index contributed by atoms with van der Waals surface area (Å²) in [6.45, 7) is 6.47. The normalized spacial score (nSPS) is 16.3. The first-order valence-electron chi connectivity index (χ1n) is 11.0. The van der Waals surface area contributed by atoms with E-state index < -0.39 is 0 Å². The molecule has 2 aromatic rings. The molecule has 2 heterocycles. The molecular weight excluding hydrogens is 410 g/mol. The van der Waals surface area contributed by atoms with Gasteiger partial charge in [0.15, 0.2) is 13.2 Å². The van der Waals surface area contributed by atoms with Gasteiger partial charge in [-0.05, 0) is 42.3 Å². The second-order valence-electron chi connectivity index (χ2n) is 7.81. The van der Waals surface area contributed by atoms with Gasteiger partial charge in [0.05, 0.1) is 18.9 Å². The fourth-order valence-corrected chi connectivity index (χ4v) is 3.79. The summed E-state index contributed by atoms with van der Waals surface area (Å²) < 4.78 is 16.6. The number of morpholine rings is 1. The van der Waals surface area contributed by atoms with Crippen molar-refractivity contribution in [2.45, 2.75) is 13.3 Å². The second-order valence-corrected chi connectivity index (χ2v) is 7.81. The van der Waals surface area contributed by atoms with E-state index in [1.807, 2.05) is 24.3 Å². The lowest BCUT2D eigenvalue weighted by molar-refractivity contribution is -0.121. The summed E-state index contributed by atoms with van der Waals surface area (Å²) in [6, 6.07) is 13.0. The minimum atomic E-state index is -0.269. The summed E-state index contributed by atoms with van der Waals surface area (Å²) in [4.78, 5) is 29.0. The molecule has 0 radical (unpaired) electrons. The van der Waals surface area contributed by atoms with Gasteiger partial charge in [-0.2, -0.15) is 0 Å². The fraction of sp³-hybridized carbons (Fsp3) is 0.417. The predicted molar refractivity (Wildman–Crippen MR) is 121 cm³/mol. The number of aryl methyl sites for hydroxylation is 1. The van der Waals surface area contributed by atoms with E-state index in [-0.39, 0.29) is 25.0 Å². The number of amides is 2. The first-order chi connectivity index (χ1) is 15.6. The highest BCUT2D eigenvalue weighted by molar-refractivity contribution is 5.99. The van der Waals surface area contributed by atoms with Crippen LogP contribution in [0.4, 0.5) is 11.4 Å². The lowest BCUT2D eigenvalue weighted by Gasteiger charge is -2.33. The molecule has 8 nitrogen and oxygen atoms in total. The maximum atomic E-state index is 12.5. The Balaban J connectivity index is 1.38. The molecule has 0 aromatic heterocycles. The Morgan fingerprint density at radius 2 is 1.97 bits per heavy atom. The highest BCUT2D eigenvalue weighted by atomic mass is 16.5. The van der Waals surface area contributed by atoms with Crippen molar-refractivity contribution >= 4 is 23.2 Å². The molecule has 2 aromatic carbocycles. The van der Waals surface area contributed by atoms with Crippen LogP contribution in [-0.2, 0) is 20.7 Å². The van der Waals surface area contributed by atoms with Crippen LogP contribution in [0.5, 0.6) is 11.5 Å². The first kappa shape index (κ1) is 22.1. The van der Waals surface area contributed by atoms with Gasteiger partial charge in [0, 0.05) is 31.9 Å². The van der Waals surface area contributed by atoms with Gasteiger partial charge in [-0.3, -0.25) is 14.5 Å². The van der Waals surface area contributed by atoms with Gasteiger partial charge < -0.3 is 24.4 Å². The summed E-state index contributed by atoms with van der Waals surface area (Å²) in [5.74, 6) is 0.943. The minimum Gasteiger partial charge on any atom is -0.484 e. The van der Waals surface area contributed by atoms with Crippen LogP contribution < -0.4 is 19.7 Å². The van der Waals surface area contributed by atoms with Crippen LogP contribution in [-0.4, -0.2) is 69.3 Å². The van der Waals surface area contributed by atoms with Crippen molar-refractivity contribution in [2.24, 2.45) is 0 Å². The zero-order valence-corrected chi connectivity index (χ0v) is 18.3. The molecule has 0 bridgehead atoms. The van der Waals surface area contributed by atoms with Gasteiger partial charge >= 0.3 is 0 Å². The molecule has 1 fully saturated rings. The maximum Gasteiger partial charge on any atom is 0.265 e. The Bertz CT molecular complexity index is 958. The molecule has 1 saturated heterocycles. The van der Waals surface area contributed by atoms with Crippen molar-refractivity contribution in [3.8, 4) is 11.5 Å². The van der Waals surface area contributed by atoms with Gasteiger partial charge in [-0.25, -0.2) is 0 Å². The van der Waals surface area contributed by atoms with Gasteiger partial charge in [-0.1, -0.05) is 19.1 Å². The van der Waals surface area contributed by atoms with Gasteiger partial charge in [0.2, 0.25) is 0 Å². The van der Waals surface area contributed by atoms with Crippen LogP contribution in [0.2, 0.25) is 0 Å². The van der Waals surface area contributed by atoms with Crippen LogP contribution >= 0.6 is 0 Å². The van der Waals surface area contributed by atoms with E-state index in [1.54, 1.807) is 23.1 Å². The van der Waals surface area contributed by atoms with Crippen molar-refractivity contribution in [1.29, 1.82) is 0 Å². The Kier molecular flexibility index (Phi) is 7.24. The predicted octanol–water partition coefficient (Wildman–Crippen LogP) is 2.32. The van der Waals surface area contributed by atoms with Crippen molar-refractivity contribution in [1.82, 2.24) is 4.90 Å². The van der Waals surface area contributed by atoms with Crippen LogP contribution in [0, 0.1) is 0 Å². The summed E-state index contributed by atoms with van der Waals surface area (Å²) >= 11 is 0. The summed E-state index contributed by atoms with van der Waals surface area (Å²) in [7, 11) is 0. The van der Waals surface area contributed by atoms with E-state index in [2.05, 4.69) is 17.1 Å². The van der Waals surface area contributed by atoms with Crippen molar-refractivity contribution < 1.29 is 23.8 Å². The van der Waals surface area contributed by atoms with E-state index >= 15 is 0 Å². The number of fused-ring (bicyclic) bond motifs is 1. The van der Waals surface area contributed by atoms with Gasteiger partial charge in [-0.15, -0.1) is 0 Å². The molecule has 4 rings (SSSR count). The van der Waals surface area contributed by atoms with E-state index in [4.69, 9.17) is 14.2 Å². The van der Waals surface area contributed by atoms with Crippen LogP contribution in [0.15, 0.2) is 42.5 Å². The minimum absolute atomic E-state index is 0.0203. The van der Waals surface area contributed by atoms with Crippen LogP contribution in [0.3, 0.4) is 0 Å². The lowest BCUT2D eigenvalue weighted by atomic mass is 10.2. The molecule has 2 aliphatic rings. The van der Waals surface area contributed by atoms with E-state index in [9.17, 15) is 9.59 Å². The Morgan fingerprint density at radius 1 is 1.12 bits per heavy atom. The monoisotopic (exact) mass is 439 g/mol. The van der Waals surface area contributed by atoms with Crippen LogP contribution in [0.1, 0.15) is 12.5 Å². The quantitative estimate of drug-likeness (QED) is 0.680. The number of nitrogens with zero attached hydrogens (tertiary/aromatic N) is 2. The smallest absolute Gasteiger partial charge is 0.265 e. The number of rotatable bonds is 8. The number of benzene rings is 2. The number of anilines is 2.